The van der Waals surface area contributed by atoms with Crippen LogP contribution in [0, 0.1) is 17.8 Å². The standard InChI is InChI=1S/C22H40O4/c1-17(2)11-9-7-5-4-6-8-10-12-18(3)26-22(25)20-15-13-19(14-16-20)21(23)24/h17-20H,4-16H2,1-3H3,(H,23,24). The summed E-state index contributed by atoms with van der Waals surface area (Å²) in [5.41, 5.74) is 0. The van der Waals surface area contributed by atoms with E-state index in [1.54, 1.807) is 0 Å². The summed E-state index contributed by atoms with van der Waals surface area (Å²) in [7, 11) is 0. The van der Waals surface area contributed by atoms with Crippen molar-refractivity contribution in [3.05, 3.63) is 0 Å². The van der Waals surface area contributed by atoms with Crippen LogP contribution in [0.2, 0.25) is 0 Å². The molecule has 1 unspecified atom stereocenters. The van der Waals surface area contributed by atoms with Gasteiger partial charge in [0.05, 0.1) is 17.9 Å². The number of carbonyl (C=O) groups excluding carboxylic acids is 1. The summed E-state index contributed by atoms with van der Waals surface area (Å²) < 4.78 is 5.58. The highest BCUT2D eigenvalue weighted by Gasteiger charge is 2.31. The summed E-state index contributed by atoms with van der Waals surface area (Å²) >= 11 is 0. The van der Waals surface area contributed by atoms with Gasteiger partial charge in [-0.3, -0.25) is 9.59 Å². The van der Waals surface area contributed by atoms with Crippen LogP contribution in [0.1, 0.15) is 104 Å². The highest BCUT2D eigenvalue weighted by molar-refractivity contribution is 5.74. The Kier molecular flexibility index (Phi) is 11.6. The normalized spacial score (nSPS) is 21.5. The molecule has 26 heavy (non-hydrogen) atoms. The fourth-order valence-corrected chi connectivity index (χ4v) is 3.80. The molecule has 0 amide bonds. The summed E-state index contributed by atoms with van der Waals surface area (Å²) in [5, 5.41) is 9.02. The number of carbonyl (C=O) groups is 2. The molecule has 152 valence electrons. The second kappa shape index (κ2) is 13.2. The van der Waals surface area contributed by atoms with Crippen LogP contribution in [0.15, 0.2) is 0 Å². The van der Waals surface area contributed by atoms with Gasteiger partial charge in [-0.05, 0) is 51.4 Å². The molecular formula is C22H40O4. The lowest BCUT2D eigenvalue weighted by Gasteiger charge is -2.25. The van der Waals surface area contributed by atoms with Crippen LogP contribution < -0.4 is 0 Å². The molecule has 1 atom stereocenters. The van der Waals surface area contributed by atoms with Gasteiger partial charge in [-0.1, -0.05) is 58.8 Å². The molecule has 1 aliphatic rings. The van der Waals surface area contributed by atoms with Gasteiger partial charge >= 0.3 is 11.9 Å². The minimum atomic E-state index is -0.731. The van der Waals surface area contributed by atoms with Crippen LogP contribution in [0.5, 0.6) is 0 Å². The number of ether oxygens (including phenoxy) is 1. The molecule has 0 aliphatic heterocycles. The highest BCUT2D eigenvalue weighted by atomic mass is 16.5. The summed E-state index contributed by atoms with van der Waals surface area (Å²) in [6.07, 6.45) is 13.8. The monoisotopic (exact) mass is 368 g/mol. The van der Waals surface area contributed by atoms with E-state index in [0.29, 0.717) is 25.7 Å². The van der Waals surface area contributed by atoms with Gasteiger partial charge in [0.2, 0.25) is 0 Å². The molecule has 0 heterocycles. The molecule has 1 N–H and O–H groups in total. The van der Waals surface area contributed by atoms with Crippen LogP contribution in [-0.2, 0) is 14.3 Å². The first-order valence-corrected chi connectivity index (χ1v) is 10.8. The Balaban J connectivity index is 2.00. The van der Waals surface area contributed by atoms with Crippen molar-refractivity contribution in [2.75, 3.05) is 0 Å². The Morgan fingerprint density at radius 2 is 1.27 bits per heavy atom. The number of rotatable bonds is 13. The zero-order chi connectivity index (χ0) is 19.4. The molecule has 0 aromatic carbocycles. The number of carboxylic acids is 1. The van der Waals surface area contributed by atoms with Crippen molar-refractivity contribution in [1.82, 2.24) is 0 Å². The van der Waals surface area contributed by atoms with Gasteiger partial charge in [0, 0.05) is 0 Å². The minimum absolute atomic E-state index is 0.0225. The van der Waals surface area contributed by atoms with Crippen LogP contribution in [0.3, 0.4) is 0 Å². The first kappa shape index (κ1) is 23.0. The molecule has 0 saturated heterocycles. The maximum absolute atomic E-state index is 12.2. The predicted octanol–water partition coefficient (Wildman–Crippen LogP) is 5.98. The third-order valence-electron chi connectivity index (χ3n) is 5.62. The van der Waals surface area contributed by atoms with E-state index in [0.717, 1.165) is 18.8 Å². The van der Waals surface area contributed by atoms with Gasteiger partial charge in [-0.15, -0.1) is 0 Å². The van der Waals surface area contributed by atoms with Gasteiger partial charge in [-0.25, -0.2) is 0 Å². The van der Waals surface area contributed by atoms with Gasteiger partial charge in [0.25, 0.3) is 0 Å². The summed E-state index contributed by atoms with van der Waals surface area (Å²) in [6, 6.07) is 0. The summed E-state index contributed by atoms with van der Waals surface area (Å²) in [4.78, 5) is 23.2. The molecule has 1 rings (SSSR count). The Morgan fingerprint density at radius 3 is 1.77 bits per heavy atom. The molecular weight excluding hydrogens is 328 g/mol. The molecule has 1 saturated carbocycles. The van der Waals surface area contributed by atoms with Gasteiger partial charge in [0.1, 0.15) is 0 Å². The van der Waals surface area contributed by atoms with E-state index in [4.69, 9.17) is 9.84 Å². The first-order chi connectivity index (χ1) is 12.4. The molecule has 1 fully saturated rings. The van der Waals surface area contributed by atoms with Crippen LogP contribution >= 0.6 is 0 Å². The zero-order valence-electron chi connectivity index (χ0n) is 17.2. The number of hydrogen-bond acceptors (Lipinski definition) is 3. The van der Waals surface area contributed by atoms with Gasteiger partial charge in [0.15, 0.2) is 0 Å². The molecule has 4 nitrogen and oxygen atoms in total. The van der Waals surface area contributed by atoms with E-state index in [2.05, 4.69) is 13.8 Å². The zero-order valence-corrected chi connectivity index (χ0v) is 17.2. The Labute approximate surface area is 160 Å². The number of hydrogen-bond donors (Lipinski definition) is 1. The number of esters is 1. The molecule has 0 aromatic heterocycles. The molecule has 0 spiro atoms. The predicted molar refractivity (Wildman–Crippen MR) is 105 cm³/mol. The van der Waals surface area contributed by atoms with E-state index < -0.39 is 5.97 Å². The van der Waals surface area contributed by atoms with Crippen molar-refractivity contribution in [3.63, 3.8) is 0 Å². The van der Waals surface area contributed by atoms with Crippen molar-refractivity contribution in [3.8, 4) is 0 Å². The molecule has 1 aliphatic carbocycles. The number of unbranched alkanes of at least 4 members (excludes halogenated alkanes) is 6. The summed E-state index contributed by atoms with van der Waals surface area (Å²) in [6.45, 7) is 6.55. The SMILES string of the molecule is CC(C)CCCCCCCCCC(C)OC(=O)C1CCC(C(=O)O)CC1. The molecule has 0 aromatic rings. The number of carboxylic acid groups (broad SMARTS) is 1. The Bertz CT molecular complexity index is 397. The fourth-order valence-electron chi connectivity index (χ4n) is 3.80. The van der Waals surface area contributed by atoms with Crippen molar-refractivity contribution >= 4 is 11.9 Å². The molecule has 0 radical (unpaired) electrons. The van der Waals surface area contributed by atoms with Crippen LogP contribution in [-0.4, -0.2) is 23.1 Å². The maximum Gasteiger partial charge on any atom is 0.309 e. The van der Waals surface area contributed by atoms with E-state index in [-0.39, 0.29) is 23.9 Å². The largest absolute Gasteiger partial charge is 0.481 e. The van der Waals surface area contributed by atoms with Gasteiger partial charge in [-0.2, -0.15) is 0 Å². The summed E-state index contributed by atoms with van der Waals surface area (Å²) in [5.74, 6) is -0.399. The Morgan fingerprint density at radius 1 is 0.808 bits per heavy atom. The second-order valence-electron chi connectivity index (χ2n) is 8.58. The van der Waals surface area contributed by atoms with Crippen LogP contribution in [0.25, 0.3) is 0 Å². The Hall–Kier alpha value is -1.06. The second-order valence-corrected chi connectivity index (χ2v) is 8.58. The smallest absolute Gasteiger partial charge is 0.309 e. The van der Waals surface area contributed by atoms with E-state index in [9.17, 15) is 9.59 Å². The maximum atomic E-state index is 12.2. The van der Waals surface area contributed by atoms with E-state index in [1.807, 2.05) is 6.92 Å². The quantitative estimate of drug-likeness (QED) is 0.321. The van der Waals surface area contributed by atoms with Crippen molar-refractivity contribution in [2.45, 2.75) is 110 Å². The van der Waals surface area contributed by atoms with E-state index in [1.165, 1.54) is 44.9 Å². The average Bonchev–Trinajstić information content (AvgIpc) is 2.60. The average molecular weight is 369 g/mol. The topological polar surface area (TPSA) is 63.6 Å². The lowest BCUT2D eigenvalue weighted by molar-refractivity contribution is -0.156. The first-order valence-electron chi connectivity index (χ1n) is 10.8. The number of aliphatic carboxylic acids is 1. The van der Waals surface area contributed by atoms with E-state index >= 15 is 0 Å². The third kappa shape index (κ3) is 10.2. The molecule has 0 bridgehead atoms. The van der Waals surface area contributed by atoms with Crippen molar-refractivity contribution in [2.24, 2.45) is 17.8 Å². The van der Waals surface area contributed by atoms with Gasteiger partial charge < -0.3 is 9.84 Å². The fraction of sp³-hybridized carbons (Fsp3) is 0.909. The lowest BCUT2D eigenvalue weighted by atomic mass is 9.82. The molecule has 4 heteroatoms. The van der Waals surface area contributed by atoms with Crippen molar-refractivity contribution < 1.29 is 19.4 Å². The van der Waals surface area contributed by atoms with Crippen molar-refractivity contribution in [1.29, 1.82) is 0 Å². The lowest BCUT2D eigenvalue weighted by Crippen LogP contribution is -2.29. The highest BCUT2D eigenvalue weighted by Crippen LogP contribution is 2.30. The minimum Gasteiger partial charge on any atom is -0.481 e. The third-order valence-corrected chi connectivity index (χ3v) is 5.62. The van der Waals surface area contributed by atoms with Crippen LogP contribution in [0.4, 0.5) is 0 Å².